The van der Waals surface area contributed by atoms with Crippen molar-refractivity contribution in [1.29, 1.82) is 0 Å². The minimum atomic E-state index is -0.361. The highest BCUT2D eigenvalue weighted by Crippen LogP contribution is 2.24. The molecule has 0 aliphatic rings. The molecule has 1 aromatic rings. The van der Waals surface area contributed by atoms with E-state index in [9.17, 15) is 9.59 Å². The van der Waals surface area contributed by atoms with Crippen molar-refractivity contribution >= 4 is 53.1 Å². The molecular weight excluding hydrogens is 521 g/mol. The van der Waals surface area contributed by atoms with E-state index in [4.69, 9.17) is 9.47 Å². The highest BCUT2D eigenvalue weighted by atomic mass is 127. The van der Waals surface area contributed by atoms with Crippen LogP contribution in [0.5, 0.6) is 0 Å². The van der Waals surface area contributed by atoms with Crippen molar-refractivity contribution in [2.75, 3.05) is 47.0 Å². The molecule has 1 aromatic heterocycles. The quantitative estimate of drug-likeness (QED) is 0.142. The van der Waals surface area contributed by atoms with Gasteiger partial charge in [-0.2, -0.15) is 0 Å². The minimum absolute atomic E-state index is 0. The summed E-state index contributed by atoms with van der Waals surface area (Å²) in [7, 11) is 3.39. The van der Waals surface area contributed by atoms with Crippen molar-refractivity contribution in [3.8, 4) is 0 Å². The molecule has 0 aromatic carbocycles. The van der Waals surface area contributed by atoms with Gasteiger partial charge in [-0.15, -0.1) is 35.3 Å². The van der Waals surface area contributed by atoms with Gasteiger partial charge in [0.2, 0.25) is 5.91 Å². The molecule has 0 aliphatic heterocycles. The zero-order valence-electron chi connectivity index (χ0n) is 18.6. The van der Waals surface area contributed by atoms with Crippen LogP contribution in [0.25, 0.3) is 0 Å². The van der Waals surface area contributed by atoms with Gasteiger partial charge in [-0.25, -0.2) is 14.8 Å². The van der Waals surface area contributed by atoms with E-state index in [1.807, 2.05) is 13.8 Å². The standard InChI is InChI=1S/C19H33N5O4S.HI/c1-7-27-11-9-10-20-19(21-12-15(25)24(5)6)23-14(4)17-22-13(3)16(29-17)18(26)28-8-2;/h14H,7-12H2,1-6H3,(H2,20,21,23);1H. The number of hydrogen-bond acceptors (Lipinski definition) is 7. The number of hydrogen-bond donors (Lipinski definition) is 2. The Hall–Kier alpha value is -1.47. The number of aliphatic imine (C=N–C) groups is 1. The first kappa shape index (κ1) is 28.5. The molecule has 1 unspecified atom stereocenters. The molecule has 0 bridgehead atoms. The number of aryl methyl sites for hydroxylation is 1. The molecule has 0 fully saturated rings. The average Bonchev–Trinajstić information content (AvgIpc) is 3.07. The molecule has 1 heterocycles. The van der Waals surface area contributed by atoms with E-state index in [2.05, 4.69) is 20.6 Å². The molecule has 172 valence electrons. The number of rotatable bonds is 11. The van der Waals surface area contributed by atoms with Gasteiger partial charge in [0.15, 0.2) is 5.96 Å². The summed E-state index contributed by atoms with van der Waals surface area (Å²) in [6.07, 6.45) is 0.813. The lowest BCUT2D eigenvalue weighted by atomic mass is 10.3. The van der Waals surface area contributed by atoms with E-state index in [0.29, 0.717) is 42.9 Å². The van der Waals surface area contributed by atoms with Crippen LogP contribution in [0.3, 0.4) is 0 Å². The summed E-state index contributed by atoms with van der Waals surface area (Å²) in [6.45, 7) is 9.78. The summed E-state index contributed by atoms with van der Waals surface area (Å²) in [5.41, 5.74) is 0.642. The van der Waals surface area contributed by atoms with Crippen molar-refractivity contribution < 1.29 is 19.1 Å². The number of aromatic nitrogens is 1. The number of amides is 1. The third-order valence-corrected chi connectivity index (χ3v) is 5.15. The average molecular weight is 555 g/mol. The van der Waals surface area contributed by atoms with Crippen LogP contribution in [0.4, 0.5) is 0 Å². The molecule has 0 spiro atoms. The van der Waals surface area contributed by atoms with E-state index >= 15 is 0 Å². The van der Waals surface area contributed by atoms with Crippen LogP contribution in [-0.2, 0) is 14.3 Å². The number of carbonyl (C=O) groups excluding carboxylic acids is 2. The summed E-state index contributed by atoms with van der Waals surface area (Å²) >= 11 is 1.30. The number of esters is 1. The van der Waals surface area contributed by atoms with E-state index < -0.39 is 0 Å². The Kier molecular flexibility index (Phi) is 14.6. The van der Waals surface area contributed by atoms with E-state index in [1.165, 1.54) is 16.2 Å². The van der Waals surface area contributed by atoms with Crippen LogP contribution in [0.15, 0.2) is 4.99 Å². The Morgan fingerprint density at radius 3 is 2.57 bits per heavy atom. The molecule has 0 saturated heterocycles. The second-order valence-electron chi connectivity index (χ2n) is 6.48. The summed E-state index contributed by atoms with van der Waals surface area (Å²) in [5, 5.41) is 7.21. The molecule has 0 saturated carbocycles. The first-order valence-electron chi connectivity index (χ1n) is 9.77. The van der Waals surface area contributed by atoms with E-state index in [0.717, 1.165) is 11.4 Å². The predicted octanol–water partition coefficient (Wildman–Crippen LogP) is 2.36. The second-order valence-corrected chi connectivity index (χ2v) is 7.51. The zero-order valence-corrected chi connectivity index (χ0v) is 21.8. The highest BCUT2D eigenvalue weighted by molar-refractivity contribution is 14.0. The van der Waals surface area contributed by atoms with Gasteiger partial charge in [-0.3, -0.25) is 4.79 Å². The van der Waals surface area contributed by atoms with Gasteiger partial charge in [0.05, 0.1) is 18.3 Å². The largest absolute Gasteiger partial charge is 0.462 e. The van der Waals surface area contributed by atoms with Gasteiger partial charge >= 0.3 is 5.97 Å². The van der Waals surface area contributed by atoms with Crippen molar-refractivity contribution in [1.82, 2.24) is 20.5 Å². The lowest BCUT2D eigenvalue weighted by Gasteiger charge is -2.17. The third kappa shape index (κ3) is 10.0. The summed E-state index contributed by atoms with van der Waals surface area (Å²) in [4.78, 5) is 34.8. The molecule has 1 rings (SSSR count). The lowest BCUT2D eigenvalue weighted by molar-refractivity contribution is -0.127. The maximum Gasteiger partial charge on any atom is 0.350 e. The SMILES string of the molecule is CCOCCCNC(=NCC(=O)N(C)C)NC(C)c1nc(C)c(C(=O)OCC)s1.I. The highest BCUT2D eigenvalue weighted by Gasteiger charge is 2.20. The normalized spacial score (nSPS) is 12.0. The number of halogens is 1. The number of thiazole rings is 1. The first-order chi connectivity index (χ1) is 13.8. The van der Waals surface area contributed by atoms with Crippen molar-refractivity contribution in [3.63, 3.8) is 0 Å². The molecule has 0 aliphatic carbocycles. The topological polar surface area (TPSA) is 105 Å². The minimum Gasteiger partial charge on any atom is -0.462 e. The Morgan fingerprint density at radius 2 is 1.97 bits per heavy atom. The van der Waals surface area contributed by atoms with Gasteiger partial charge in [-0.05, 0) is 34.1 Å². The zero-order chi connectivity index (χ0) is 21.8. The van der Waals surface area contributed by atoms with Crippen LogP contribution in [0.1, 0.15) is 53.6 Å². The summed E-state index contributed by atoms with van der Waals surface area (Å²) < 4.78 is 10.4. The van der Waals surface area contributed by atoms with Crippen LogP contribution in [0, 0.1) is 6.92 Å². The van der Waals surface area contributed by atoms with Gasteiger partial charge in [0.1, 0.15) is 16.4 Å². The number of nitrogens with zero attached hydrogens (tertiary/aromatic N) is 3. The summed E-state index contributed by atoms with van der Waals surface area (Å²) in [6, 6.07) is -0.200. The van der Waals surface area contributed by atoms with Gasteiger partial charge < -0.3 is 25.0 Å². The lowest BCUT2D eigenvalue weighted by Crippen LogP contribution is -2.40. The van der Waals surface area contributed by atoms with Gasteiger partial charge in [-0.1, -0.05) is 0 Å². The van der Waals surface area contributed by atoms with E-state index in [1.54, 1.807) is 27.9 Å². The molecule has 1 amide bonds. The molecular formula is C19H34IN5O4S. The fourth-order valence-electron chi connectivity index (χ4n) is 2.22. The van der Waals surface area contributed by atoms with Gasteiger partial charge in [0.25, 0.3) is 0 Å². The number of guanidine groups is 1. The molecule has 9 nitrogen and oxygen atoms in total. The van der Waals surface area contributed by atoms with Crippen LogP contribution >= 0.6 is 35.3 Å². The van der Waals surface area contributed by atoms with Gasteiger partial charge in [0, 0.05) is 33.9 Å². The second kappa shape index (κ2) is 15.3. The molecule has 0 radical (unpaired) electrons. The monoisotopic (exact) mass is 555 g/mol. The van der Waals surface area contributed by atoms with Crippen molar-refractivity contribution in [2.24, 2.45) is 4.99 Å². The van der Waals surface area contributed by atoms with Crippen molar-refractivity contribution in [3.05, 3.63) is 15.6 Å². The molecule has 11 heteroatoms. The van der Waals surface area contributed by atoms with E-state index in [-0.39, 0.29) is 48.4 Å². The molecule has 2 N–H and O–H groups in total. The number of likely N-dealkylation sites (N-methyl/N-ethyl adjacent to an activating group) is 1. The Labute approximate surface area is 200 Å². The fourth-order valence-corrected chi connectivity index (χ4v) is 3.18. The predicted molar refractivity (Wildman–Crippen MR) is 130 cm³/mol. The Morgan fingerprint density at radius 1 is 1.27 bits per heavy atom. The van der Waals surface area contributed by atoms with Crippen molar-refractivity contribution in [2.45, 2.75) is 40.2 Å². The number of ether oxygens (including phenoxy) is 2. The maximum atomic E-state index is 12.0. The smallest absolute Gasteiger partial charge is 0.350 e. The number of carbonyl (C=O) groups is 2. The Balaban J connectivity index is 0.00000841. The molecule has 30 heavy (non-hydrogen) atoms. The third-order valence-electron chi connectivity index (χ3n) is 3.83. The molecule has 1 atom stereocenters. The number of nitrogens with one attached hydrogen (secondary N) is 2. The summed E-state index contributed by atoms with van der Waals surface area (Å²) in [5.74, 6) is 0.0537. The van der Waals surface area contributed by atoms with Crippen LogP contribution in [-0.4, -0.2) is 74.7 Å². The van der Waals surface area contributed by atoms with Crippen LogP contribution < -0.4 is 10.6 Å². The maximum absolute atomic E-state index is 12.0. The Bertz CT molecular complexity index is 696. The van der Waals surface area contributed by atoms with Crippen LogP contribution in [0.2, 0.25) is 0 Å². The fraction of sp³-hybridized carbons (Fsp3) is 0.684. The first-order valence-corrected chi connectivity index (χ1v) is 10.6.